The van der Waals surface area contributed by atoms with E-state index in [0.29, 0.717) is 5.69 Å². The minimum atomic E-state index is -1.14. The summed E-state index contributed by atoms with van der Waals surface area (Å²) in [5, 5.41) is 8.80. The molecular weight excluding hydrogens is 213 g/mol. The van der Waals surface area contributed by atoms with Crippen molar-refractivity contribution in [2.75, 3.05) is 0 Å². The van der Waals surface area contributed by atoms with Crippen molar-refractivity contribution in [3.05, 3.63) is 28.5 Å². The molecule has 0 bridgehead atoms. The molecule has 0 fully saturated rings. The zero-order chi connectivity index (χ0) is 10.0. The highest BCUT2D eigenvalue weighted by Crippen LogP contribution is 2.24. The minimum absolute atomic E-state index is 0.0872. The summed E-state index contributed by atoms with van der Waals surface area (Å²) >= 11 is 10.9. The summed E-state index contributed by atoms with van der Waals surface area (Å²) in [5.74, 6) is -1.14. The molecule has 1 aromatic rings. The monoisotopic (exact) mass is 219 g/mol. The Kier molecular flexibility index (Phi) is 3.01. The van der Waals surface area contributed by atoms with Crippen LogP contribution in [0.5, 0.6) is 0 Å². The van der Waals surface area contributed by atoms with Gasteiger partial charge in [-0.1, -0.05) is 23.2 Å². The summed E-state index contributed by atoms with van der Waals surface area (Å²) in [6, 6.07) is 3.35. The average Bonchev–Trinajstić information content (AvgIpc) is 2.35. The molecule has 3 nitrogen and oxygen atoms in total. The standard InChI is InChI=1S/C8H7Cl2NO2/c1-11-4-2-3-5(11)6(7(9)10)8(12)13/h2-4H,1H3,(H,12,13). The number of hydrogen-bond donors (Lipinski definition) is 1. The molecule has 0 saturated heterocycles. The molecule has 1 N–H and O–H groups in total. The largest absolute Gasteiger partial charge is 0.478 e. The van der Waals surface area contributed by atoms with Crippen LogP contribution in [0.15, 0.2) is 22.8 Å². The fourth-order valence-electron chi connectivity index (χ4n) is 1.01. The van der Waals surface area contributed by atoms with E-state index in [1.165, 1.54) is 0 Å². The lowest BCUT2D eigenvalue weighted by Crippen LogP contribution is -2.04. The number of halogens is 2. The van der Waals surface area contributed by atoms with Crippen LogP contribution < -0.4 is 0 Å². The van der Waals surface area contributed by atoms with E-state index in [0.717, 1.165) is 0 Å². The number of carboxylic acids is 1. The minimum Gasteiger partial charge on any atom is -0.478 e. The summed E-state index contributed by atoms with van der Waals surface area (Å²) < 4.78 is 1.39. The predicted molar refractivity (Wildman–Crippen MR) is 51.7 cm³/mol. The zero-order valence-electron chi connectivity index (χ0n) is 6.79. The predicted octanol–water partition coefficient (Wildman–Crippen LogP) is 2.26. The van der Waals surface area contributed by atoms with Crippen molar-refractivity contribution in [1.29, 1.82) is 0 Å². The number of aryl methyl sites for hydroxylation is 1. The third kappa shape index (κ3) is 2.05. The van der Waals surface area contributed by atoms with Gasteiger partial charge in [0.2, 0.25) is 0 Å². The molecule has 0 saturated carbocycles. The van der Waals surface area contributed by atoms with Gasteiger partial charge in [-0.3, -0.25) is 0 Å². The average molecular weight is 220 g/mol. The van der Waals surface area contributed by atoms with Crippen molar-refractivity contribution in [2.45, 2.75) is 0 Å². The van der Waals surface area contributed by atoms with Gasteiger partial charge in [0.15, 0.2) is 0 Å². The van der Waals surface area contributed by atoms with Crippen molar-refractivity contribution in [3.63, 3.8) is 0 Å². The molecule has 0 spiro atoms. The molecule has 0 amide bonds. The number of rotatable bonds is 2. The summed E-state index contributed by atoms with van der Waals surface area (Å²) in [4.78, 5) is 10.8. The van der Waals surface area contributed by atoms with Crippen molar-refractivity contribution in [1.82, 2.24) is 4.57 Å². The summed E-state index contributed by atoms with van der Waals surface area (Å²) in [6.07, 6.45) is 1.72. The Bertz CT molecular complexity index is 364. The molecule has 70 valence electrons. The second-order valence-corrected chi connectivity index (χ2v) is 3.39. The van der Waals surface area contributed by atoms with Gasteiger partial charge in [0.1, 0.15) is 10.1 Å². The van der Waals surface area contributed by atoms with Crippen LogP contribution in [0, 0.1) is 0 Å². The first-order chi connectivity index (χ1) is 6.04. The van der Waals surface area contributed by atoms with Gasteiger partial charge in [-0.15, -0.1) is 0 Å². The van der Waals surface area contributed by atoms with E-state index >= 15 is 0 Å². The van der Waals surface area contributed by atoms with E-state index in [-0.39, 0.29) is 10.1 Å². The second-order valence-electron chi connectivity index (χ2n) is 2.44. The molecule has 1 aromatic heterocycles. The number of carboxylic acid groups (broad SMARTS) is 1. The fraction of sp³-hybridized carbons (Fsp3) is 0.125. The number of aliphatic carboxylic acids is 1. The molecular formula is C8H7Cl2NO2. The molecule has 0 aliphatic carbocycles. The number of carbonyl (C=O) groups is 1. The van der Waals surface area contributed by atoms with Crippen molar-refractivity contribution >= 4 is 34.7 Å². The fourth-order valence-corrected chi connectivity index (χ4v) is 1.36. The van der Waals surface area contributed by atoms with E-state index < -0.39 is 5.97 Å². The zero-order valence-corrected chi connectivity index (χ0v) is 8.30. The van der Waals surface area contributed by atoms with Crippen molar-refractivity contribution < 1.29 is 9.90 Å². The maximum Gasteiger partial charge on any atom is 0.340 e. The number of hydrogen-bond acceptors (Lipinski definition) is 1. The van der Waals surface area contributed by atoms with Gasteiger partial charge in [-0.2, -0.15) is 0 Å². The molecule has 1 rings (SSSR count). The molecule has 0 aromatic carbocycles. The van der Waals surface area contributed by atoms with E-state index in [9.17, 15) is 4.79 Å². The van der Waals surface area contributed by atoms with Crippen LogP contribution in [0.2, 0.25) is 0 Å². The van der Waals surface area contributed by atoms with E-state index in [1.54, 1.807) is 29.9 Å². The van der Waals surface area contributed by atoms with Crippen LogP contribution in [0.3, 0.4) is 0 Å². The Morgan fingerprint density at radius 3 is 2.46 bits per heavy atom. The number of nitrogens with zero attached hydrogens (tertiary/aromatic N) is 1. The third-order valence-electron chi connectivity index (χ3n) is 1.60. The Hall–Kier alpha value is -0.930. The van der Waals surface area contributed by atoms with Crippen LogP contribution in [0.4, 0.5) is 0 Å². The van der Waals surface area contributed by atoms with Crippen LogP contribution in [0.25, 0.3) is 5.57 Å². The number of aromatic nitrogens is 1. The molecule has 1 heterocycles. The topological polar surface area (TPSA) is 42.2 Å². The molecule has 0 aliphatic rings. The van der Waals surface area contributed by atoms with Gasteiger partial charge in [0, 0.05) is 13.2 Å². The molecule has 5 heteroatoms. The maximum atomic E-state index is 10.8. The lowest BCUT2D eigenvalue weighted by Gasteiger charge is -2.03. The summed E-state index contributed by atoms with van der Waals surface area (Å²) in [5.41, 5.74) is 0.392. The van der Waals surface area contributed by atoms with Crippen LogP contribution in [-0.4, -0.2) is 15.6 Å². The van der Waals surface area contributed by atoms with Gasteiger partial charge in [0.05, 0.1) is 5.69 Å². The Labute approximate surface area is 85.2 Å². The molecule has 13 heavy (non-hydrogen) atoms. The van der Waals surface area contributed by atoms with Gasteiger partial charge >= 0.3 is 5.97 Å². The van der Waals surface area contributed by atoms with Crippen LogP contribution in [-0.2, 0) is 11.8 Å². The van der Waals surface area contributed by atoms with Crippen molar-refractivity contribution in [2.24, 2.45) is 7.05 Å². The maximum absolute atomic E-state index is 10.8. The van der Waals surface area contributed by atoms with Crippen LogP contribution >= 0.6 is 23.2 Å². The van der Waals surface area contributed by atoms with Gasteiger partial charge in [0.25, 0.3) is 0 Å². The smallest absolute Gasteiger partial charge is 0.340 e. The lowest BCUT2D eigenvalue weighted by molar-refractivity contribution is -0.130. The Morgan fingerprint density at radius 2 is 2.15 bits per heavy atom. The Balaban J connectivity index is 3.27. The molecule has 0 atom stereocenters. The second kappa shape index (κ2) is 3.85. The first-order valence-electron chi connectivity index (χ1n) is 3.44. The van der Waals surface area contributed by atoms with Crippen LogP contribution in [0.1, 0.15) is 5.69 Å². The van der Waals surface area contributed by atoms with Gasteiger partial charge in [-0.05, 0) is 12.1 Å². The van der Waals surface area contributed by atoms with E-state index in [4.69, 9.17) is 28.3 Å². The van der Waals surface area contributed by atoms with Crippen molar-refractivity contribution in [3.8, 4) is 0 Å². The summed E-state index contributed by atoms with van der Waals surface area (Å²) in [7, 11) is 1.72. The third-order valence-corrected chi connectivity index (χ3v) is 1.98. The highest BCUT2D eigenvalue weighted by Gasteiger charge is 2.16. The van der Waals surface area contributed by atoms with E-state index in [2.05, 4.69) is 0 Å². The summed E-state index contributed by atoms with van der Waals surface area (Å²) in [6.45, 7) is 0. The first-order valence-corrected chi connectivity index (χ1v) is 4.20. The molecule has 0 unspecified atom stereocenters. The van der Waals surface area contributed by atoms with E-state index in [1.807, 2.05) is 0 Å². The highest BCUT2D eigenvalue weighted by atomic mass is 35.5. The SMILES string of the molecule is Cn1cccc1C(C(=O)O)=C(Cl)Cl. The van der Waals surface area contributed by atoms with Gasteiger partial charge in [-0.25, -0.2) is 4.79 Å². The first kappa shape index (κ1) is 10.2. The highest BCUT2D eigenvalue weighted by molar-refractivity contribution is 6.61. The lowest BCUT2D eigenvalue weighted by atomic mass is 10.2. The quantitative estimate of drug-likeness (QED) is 0.776. The normalized spacial score (nSPS) is 9.77. The Morgan fingerprint density at radius 1 is 1.54 bits per heavy atom. The molecule has 0 aliphatic heterocycles. The van der Waals surface area contributed by atoms with Gasteiger partial charge < -0.3 is 9.67 Å². The molecule has 0 radical (unpaired) electrons.